The van der Waals surface area contributed by atoms with Crippen molar-refractivity contribution in [3.05, 3.63) is 82.7 Å². The van der Waals surface area contributed by atoms with Crippen molar-refractivity contribution >= 4 is 23.3 Å². The van der Waals surface area contributed by atoms with E-state index in [9.17, 15) is 24.1 Å². The van der Waals surface area contributed by atoms with E-state index in [-0.39, 0.29) is 17.1 Å². The largest absolute Gasteiger partial charge is 0.448 e. The predicted octanol–water partition coefficient (Wildman–Crippen LogP) is 3.10. The number of amides is 1. The van der Waals surface area contributed by atoms with Crippen LogP contribution in [0.25, 0.3) is 5.69 Å². The molecule has 9 nitrogen and oxygen atoms in total. The summed E-state index contributed by atoms with van der Waals surface area (Å²) in [5.74, 6) is -2.00. The third kappa shape index (κ3) is 4.43. The van der Waals surface area contributed by atoms with E-state index < -0.39 is 28.7 Å². The quantitative estimate of drug-likeness (QED) is 0.387. The van der Waals surface area contributed by atoms with E-state index >= 15 is 0 Å². The molecule has 3 rings (SSSR count). The van der Waals surface area contributed by atoms with Gasteiger partial charge in [-0.1, -0.05) is 12.1 Å². The SMILES string of the molecule is CC(OC(=O)c1cncn1-c1ccc(F)cc1)C(=O)Nc1ccccc1[N+](=O)[O-]. The second-order valence-corrected chi connectivity index (χ2v) is 5.94. The third-order valence-corrected chi connectivity index (χ3v) is 3.96. The molecule has 0 aliphatic heterocycles. The first-order valence-electron chi connectivity index (χ1n) is 8.40. The fourth-order valence-electron chi connectivity index (χ4n) is 2.50. The van der Waals surface area contributed by atoms with Gasteiger partial charge in [0, 0.05) is 11.8 Å². The lowest BCUT2D eigenvalue weighted by atomic mass is 10.2. The molecule has 0 bridgehead atoms. The Morgan fingerprint density at radius 2 is 1.90 bits per heavy atom. The van der Waals surface area contributed by atoms with Crippen LogP contribution in [-0.4, -0.2) is 32.5 Å². The van der Waals surface area contributed by atoms with E-state index in [1.807, 2.05) is 0 Å². The molecule has 0 aliphatic rings. The molecule has 10 heteroatoms. The van der Waals surface area contributed by atoms with E-state index in [2.05, 4.69) is 10.3 Å². The zero-order chi connectivity index (χ0) is 21.0. The summed E-state index contributed by atoms with van der Waals surface area (Å²) in [6.45, 7) is 1.33. The summed E-state index contributed by atoms with van der Waals surface area (Å²) in [5.41, 5.74) is 0.213. The highest BCUT2D eigenvalue weighted by molar-refractivity contribution is 5.98. The number of ether oxygens (including phenoxy) is 1. The summed E-state index contributed by atoms with van der Waals surface area (Å²) < 4.78 is 19.6. The summed E-state index contributed by atoms with van der Waals surface area (Å²) in [4.78, 5) is 39.1. The summed E-state index contributed by atoms with van der Waals surface area (Å²) in [6.07, 6.45) is 1.36. The molecule has 29 heavy (non-hydrogen) atoms. The van der Waals surface area contributed by atoms with Gasteiger partial charge in [0.05, 0.1) is 17.4 Å². The number of nitro benzene ring substituents is 1. The van der Waals surface area contributed by atoms with E-state index in [0.717, 1.165) is 0 Å². The average Bonchev–Trinajstić information content (AvgIpc) is 3.18. The number of imidazole rings is 1. The first kappa shape index (κ1) is 19.7. The van der Waals surface area contributed by atoms with Crippen molar-refractivity contribution in [3.63, 3.8) is 0 Å². The number of carbonyl (C=O) groups excluding carboxylic acids is 2. The summed E-state index contributed by atoms with van der Waals surface area (Å²) in [5, 5.41) is 13.4. The van der Waals surface area contributed by atoms with E-state index in [0.29, 0.717) is 5.69 Å². The van der Waals surface area contributed by atoms with Crippen molar-refractivity contribution in [2.45, 2.75) is 13.0 Å². The first-order chi connectivity index (χ1) is 13.9. The molecule has 0 saturated heterocycles. The standard InChI is InChI=1S/C19H15FN4O5/c1-12(18(25)22-15-4-2-3-5-16(15)24(27)28)29-19(26)17-10-21-11-23(17)14-8-6-13(20)7-9-14/h2-12H,1H3,(H,22,25). The second kappa shape index (κ2) is 8.30. The molecule has 0 fully saturated rings. The van der Waals surface area contributed by atoms with E-state index in [1.54, 1.807) is 0 Å². The number of hydrogen-bond donors (Lipinski definition) is 1. The lowest BCUT2D eigenvalue weighted by molar-refractivity contribution is -0.383. The predicted molar refractivity (Wildman–Crippen MR) is 100 cm³/mol. The molecular weight excluding hydrogens is 383 g/mol. The maximum Gasteiger partial charge on any atom is 0.357 e. The number of benzene rings is 2. The minimum absolute atomic E-state index is 0.0123. The molecule has 0 radical (unpaired) electrons. The summed E-state index contributed by atoms with van der Waals surface area (Å²) in [6, 6.07) is 11.0. The van der Waals surface area contributed by atoms with Gasteiger partial charge in [-0.05, 0) is 37.3 Å². The maximum atomic E-state index is 13.1. The molecule has 1 heterocycles. The third-order valence-electron chi connectivity index (χ3n) is 3.96. The Morgan fingerprint density at radius 1 is 1.21 bits per heavy atom. The summed E-state index contributed by atoms with van der Waals surface area (Å²) in [7, 11) is 0. The molecule has 1 amide bonds. The number of para-hydroxylation sites is 2. The van der Waals surface area contributed by atoms with Crippen LogP contribution in [0, 0.1) is 15.9 Å². The Kier molecular flexibility index (Phi) is 5.63. The number of nitrogens with one attached hydrogen (secondary N) is 1. The van der Waals surface area contributed by atoms with E-state index in [1.165, 1.54) is 72.5 Å². The number of aromatic nitrogens is 2. The second-order valence-electron chi connectivity index (χ2n) is 5.94. The molecule has 0 spiro atoms. The lowest BCUT2D eigenvalue weighted by Gasteiger charge is -2.14. The van der Waals surface area contributed by atoms with Gasteiger partial charge in [0.1, 0.15) is 11.5 Å². The molecule has 1 aromatic heterocycles. The van der Waals surface area contributed by atoms with Crippen LogP contribution < -0.4 is 5.32 Å². The average molecular weight is 398 g/mol. The molecule has 148 valence electrons. The minimum Gasteiger partial charge on any atom is -0.448 e. The molecule has 0 aliphatic carbocycles. The normalized spacial score (nSPS) is 11.5. The van der Waals surface area contributed by atoms with Gasteiger partial charge in [0.2, 0.25) is 0 Å². The molecule has 0 saturated carbocycles. The zero-order valence-corrected chi connectivity index (χ0v) is 15.1. The molecule has 2 aromatic carbocycles. The van der Waals surface area contributed by atoms with Crippen LogP contribution in [-0.2, 0) is 9.53 Å². The van der Waals surface area contributed by atoms with E-state index in [4.69, 9.17) is 4.74 Å². The molecule has 1 N–H and O–H groups in total. The number of nitrogens with zero attached hydrogens (tertiary/aromatic N) is 3. The molecule has 1 unspecified atom stereocenters. The Balaban J connectivity index is 1.72. The van der Waals surface area contributed by atoms with Crippen molar-refractivity contribution in [3.8, 4) is 5.69 Å². The van der Waals surface area contributed by atoms with Crippen molar-refractivity contribution in [1.82, 2.24) is 9.55 Å². The highest BCUT2D eigenvalue weighted by atomic mass is 19.1. The minimum atomic E-state index is -1.24. The van der Waals surface area contributed by atoms with Gasteiger partial charge in [-0.2, -0.15) is 0 Å². The Bertz CT molecular complexity index is 1060. The number of rotatable bonds is 6. The van der Waals surface area contributed by atoms with Crippen molar-refractivity contribution < 1.29 is 23.6 Å². The Labute approximate surface area is 163 Å². The van der Waals surface area contributed by atoms with Crippen LogP contribution in [0.3, 0.4) is 0 Å². The number of carbonyl (C=O) groups is 2. The number of halogens is 1. The van der Waals surface area contributed by atoms with Gasteiger partial charge in [0.15, 0.2) is 11.8 Å². The zero-order valence-electron chi connectivity index (χ0n) is 15.1. The molecule has 3 aromatic rings. The van der Waals surface area contributed by atoms with Crippen LogP contribution >= 0.6 is 0 Å². The fraction of sp³-hybridized carbons (Fsp3) is 0.105. The monoisotopic (exact) mass is 398 g/mol. The lowest BCUT2D eigenvalue weighted by Crippen LogP contribution is -2.30. The van der Waals surface area contributed by atoms with Crippen LogP contribution in [0.1, 0.15) is 17.4 Å². The highest BCUT2D eigenvalue weighted by Gasteiger charge is 2.24. The van der Waals surface area contributed by atoms with Crippen LogP contribution in [0.5, 0.6) is 0 Å². The number of hydrogen-bond acceptors (Lipinski definition) is 6. The molecular formula is C19H15FN4O5. The molecule has 1 atom stereocenters. The van der Waals surface area contributed by atoms with Gasteiger partial charge >= 0.3 is 5.97 Å². The highest BCUT2D eigenvalue weighted by Crippen LogP contribution is 2.23. The van der Waals surface area contributed by atoms with Crippen molar-refractivity contribution in [1.29, 1.82) is 0 Å². The fourth-order valence-corrected chi connectivity index (χ4v) is 2.50. The van der Waals surface area contributed by atoms with Gasteiger partial charge in [0.25, 0.3) is 11.6 Å². The smallest absolute Gasteiger partial charge is 0.357 e. The Morgan fingerprint density at radius 3 is 2.59 bits per heavy atom. The van der Waals surface area contributed by atoms with Crippen molar-refractivity contribution in [2.75, 3.05) is 5.32 Å². The van der Waals surface area contributed by atoms with Crippen LogP contribution in [0.4, 0.5) is 15.8 Å². The maximum absolute atomic E-state index is 13.1. The number of esters is 1. The summed E-state index contributed by atoms with van der Waals surface area (Å²) >= 11 is 0. The van der Waals surface area contributed by atoms with Crippen molar-refractivity contribution in [2.24, 2.45) is 0 Å². The number of nitro groups is 1. The van der Waals surface area contributed by atoms with Crippen LogP contribution in [0.2, 0.25) is 0 Å². The Hall–Kier alpha value is -4.08. The number of anilines is 1. The first-order valence-corrected chi connectivity index (χ1v) is 8.40. The van der Waals surface area contributed by atoms with Gasteiger partial charge in [-0.15, -0.1) is 0 Å². The van der Waals surface area contributed by atoms with Gasteiger partial charge in [-0.3, -0.25) is 19.5 Å². The van der Waals surface area contributed by atoms with Gasteiger partial charge < -0.3 is 10.1 Å². The topological polar surface area (TPSA) is 116 Å². The van der Waals surface area contributed by atoms with Gasteiger partial charge in [-0.25, -0.2) is 14.2 Å². The van der Waals surface area contributed by atoms with Crippen LogP contribution in [0.15, 0.2) is 61.1 Å².